The van der Waals surface area contributed by atoms with Gasteiger partial charge in [0, 0.05) is 33.3 Å². The monoisotopic (exact) mass is 427 g/mol. The molecule has 0 radical (unpaired) electrons. The number of hydrogen-bond acceptors (Lipinski definition) is 1. The number of aromatic amines is 1. The summed E-state index contributed by atoms with van der Waals surface area (Å²) in [7, 11) is 0. The van der Waals surface area contributed by atoms with Gasteiger partial charge in [-0.1, -0.05) is 79.2 Å². The average molecular weight is 428 g/mol. The number of carboxylic acid groups (broad SMARTS) is 1. The average Bonchev–Trinajstić information content (AvgIpc) is 3.21. The van der Waals surface area contributed by atoms with E-state index in [0.717, 1.165) is 56.9 Å². The van der Waals surface area contributed by atoms with Gasteiger partial charge in [-0.25, -0.2) is 4.79 Å². The van der Waals surface area contributed by atoms with Crippen LogP contribution in [0.4, 0.5) is 0 Å². The van der Waals surface area contributed by atoms with Crippen molar-refractivity contribution in [2.24, 2.45) is 0 Å². The number of aliphatic carboxylic acids is 1. The molecule has 0 bridgehead atoms. The molecule has 4 aromatic rings. The fraction of sp³-hybridized carbons (Fsp3) is 0.0741. The molecule has 0 saturated carbocycles. The number of halogens is 1. The van der Waals surface area contributed by atoms with E-state index in [1.807, 2.05) is 60.7 Å². The summed E-state index contributed by atoms with van der Waals surface area (Å²) >= 11 is 6.58. The van der Waals surface area contributed by atoms with Gasteiger partial charge in [0.1, 0.15) is 0 Å². The van der Waals surface area contributed by atoms with Crippen LogP contribution < -0.4 is 0 Å². The molecule has 0 unspecified atom stereocenters. The van der Waals surface area contributed by atoms with Crippen LogP contribution in [0.2, 0.25) is 5.02 Å². The van der Waals surface area contributed by atoms with Crippen molar-refractivity contribution < 1.29 is 9.90 Å². The van der Waals surface area contributed by atoms with E-state index in [4.69, 9.17) is 16.7 Å². The Balaban J connectivity index is 1.93. The zero-order valence-corrected chi connectivity index (χ0v) is 17.9. The third-order valence-electron chi connectivity index (χ3n) is 5.27. The normalized spacial score (nSPS) is 12.3. The Morgan fingerprint density at radius 3 is 2.39 bits per heavy atom. The summed E-state index contributed by atoms with van der Waals surface area (Å²) in [6.07, 6.45) is 3.53. The number of carboxylic acids is 1. The number of para-hydroxylation sites is 1. The molecule has 4 rings (SSSR count). The first-order chi connectivity index (χ1) is 15.1. The molecule has 0 amide bonds. The van der Waals surface area contributed by atoms with E-state index in [0.29, 0.717) is 5.02 Å². The standard InChI is InChI=1S/C27H22ClNO2/c1-2-21(22-8-4-5-9-23(22)28)27(25-17-20-7-3-6-10-24(20)29-25)19-14-11-18(12-15-19)13-16-26(30)31/h3-17,29H,2H2,1H3,(H,30,31)/b16-13+,27-21+. The van der Waals surface area contributed by atoms with E-state index in [1.54, 1.807) is 6.08 Å². The van der Waals surface area contributed by atoms with Crippen LogP contribution in [0.5, 0.6) is 0 Å². The van der Waals surface area contributed by atoms with Gasteiger partial charge in [-0.2, -0.15) is 0 Å². The quantitative estimate of drug-likeness (QED) is 0.251. The fourth-order valence-electron chi connectivity index (χ4n) is 3.84. The lowest BCUT2D eigenvalue weighted by Gasteiger charge is -2.16. The van der Waals surface area contributed by atoms with Crippen molar-refractivity contribution in [1.82, 2.24) is 4.98 Å². The number of allylic oxidation sites excluding steroid dienone is 1. The van der Waals surface area contributed by atoms with Crippen molar-refractivity contribution in [1.29, 1.82) is 0 Å². The zero-order chi connectivity index (χ0) is 21.8. The Morgan fingerprint density at radius 2 is 1.71 bits per heavy atom. The van der Waals surface area contributed by atoms with Gasteiger partial charge < -0.3 is 10.1 Å². The van der Waals surface area contributed by atoms with Crippen molar-refractivity contribution in [3.05, 3.63) is 112 Å². The van der Waals surface area contributed by atoms with E-state index in [1.165, 1.54) is 0 Å². The highest BCUT2D eigenvalue weighted by atomic mass is 35.5. The van der Waals surface area contributed by atoms with E-state index in [-0.39, 0.29) is 0 Å². The largest absolute Gasteiger partial charge is 0.478 e. The number of rotatable bonds is 6. The first kappa shape index (κ1) is 20.7. The second-order valence-corrected chi connectivity index (χ2v) is 7.66. The van der Waals surface area contributed by atoms with Gasteiger partial charge in [0.2, 0.25) is 0 Å². The lowest BCUT2D eigenvalue weighted by molar-refractivity contribution is -0.131. The predicted octanol–water partition coefficient (Wildman–Crippen LogP) is 7.29. The molecule has 1 heterocycles. The minimum atomic E-state index is -0.963. The van der Waals surface area contributed by atoms with Crippen LogP contribution in [-0.4, -0.2) is 16.1 Å². The van der Waals surface area contributed by atoms with Gasteiger partial charge in [-0.3, -0.25) is 0 Å². The molecular weight excluding hydrogens is 406 g/mol. The zero-order valence-electron chi connectivity index (χ0n) is 17.1. The van der Waals surface area contributed by atoms with E-state index >= 15 is 0 Å². The third-order valence-corrected chi connectivity index (χ3v) is 5.60. The molecule has 31 heavy (non-hydrogen) atoms. The number of carbonyl (C=O) groups is 1. The Kier molecular flexibility index (Phi) is 6.06. The number of H-pyrrole nitrogens is 1. The molecule has 4 heteroatoms. The maximum Gasteiger partial charge on any atom is 0.328 e. The first-order valence-electron chi connectivity index (χ1n) is 10.1. The summed E-state index contributed by atoms with van der Waals surface area (Å²) in [5.41, 5.74) is 7.20. The van der Waals surface area contributed by atoms with Crippen molar-refractivity contribution in [3.8, 4) is 0 Å². The van der Waals surface area contributed by atoms with Gasteiger partial charge in [0.15, 0.2) is 0 Å². The van der Waals surface area contributed by atoms with Gasteiger partial charge in [0.25, 0.3) is 0 Å². The Labute approximate surface area is 186 Å². The van der Waals surface area contributed by atoms with Crippen molar-refractivity contribution in [3.63, 3.8) is 0 Å². The van der Waals surface area contributed by atoms with Crippen LogP contribution >= 0.6 is 11.6 Å². The Hall–Kier alpha value is -3.56. The van der Waals surface area contributed by atoms with Crippen molar-refractivity contribution >= 4 is 45.7 Å². The fourth-order valence-corrected chi connectivity index (χ4v) is 4.09. The molecule has 0 fully saturated rings. The Morgan fingerprint density at radius 1 is 1.00 bits per heavy atom. The number of hydrogen-bond donors (Lipinski definition) is 2. The van der Waals surface area contributed by atoms with Gasteiger partial charge in [0.05, 0.1) is 0 Å². The van der Waals surface area contributed by atoms with Gasteiger partial charge in [-0.05, 0) is 53.0 Å². The molecule has 0 aliphatic rings. The van der Waals surface area contributed by atoms with Crippen LogP contribution in [0.25, 0.3) is 28.1 Å². The summed E-state index contributed by atoms with van der Waals surface area (Å²) in [5.74, 6) is -0.963. The molecule has 1 aromatic heterocycles. The molecule has 0 saturated heterocycles. The SMILES string of the molecule is CC/C(=C(/c1ccc(/C=C/C(=O)O)cc1)c1cc2ccccc2[nH]1)c1ccccc1Cl. The minimum absolute atomic E-state index is 0.717. The maximum absolute atomic E-state index is 10.8. The van der Waals surface area contributed by atoms with E-state index in [2.05, 4.69) is 30.1 Å². The van der Waals surface area contributed by atoms with E-state index < -0.39 is 5.97 Å². The van der Waals surface area contributed by atoms with Crippen LogP contribution in [0.15, 0.2) is 84.9 Å². The van der Waals surface area contributed by atoms with Crippen LogP contribution in [0, 0.1) is 0 Å². The lowest BCUT2D eigenvalue weighted by Crippen LogP contribution is -1.96. The van der Waals surface area contributed by atoms with Crippen molar-refractivity contribution in [2.45, 2.75) is 13.3 Å². The number of fused-ring (bicyclic) bond motifs is 1. The molecular formula is C27H22ClNO2. The lowest BCUT2D eigenvalue weighted by atomic mass is 9.90. The highest BCUT2D eigenvalue weighted by molar-refractivity contribution is 6.32. The minimum Gasteiger partial charge on any atom is -0.478 e. The van der Waals surface area contributed by atoms with Gasteiger partial charge >= 0.3 is 5.97 Å². The van der Waals surface area contributed by atoms with Crippen LogP contribution in [0.3, 0.4) is 0 Å². The summed E-state index contributed by atoms with van der Waals surface area (Å²) in [6, 6.07) is 26.2. The number of aromatic nitrogens is 1. The van der Waals surface area contributed by atoms with Crippen molar-refractivity contribution in [2.75, 3.05) is 0 Å². The molecule has 0 atom stereocenters. The number of benzene rings is 3. The van der Waals surface area contributed by atoms with Crippen LogP contribution in [-0.2, 0) is 4.79 Å². The molecule has 3 aromatic carbocycles. The molecule has 0 aliphatic carbocycles. The first-order valence-corrected chi connectivity index (χ1v) is 10.5. The Bertz CT molecular complexity index is 1260. The summed E-state index contributed by atoms with van der Waals surface area (Å²) < 4.78 is 0. The maximum atomic E-state index is 10.8. The second kappa shape index (κ2) is 9.07. The van der Waals surface area contributed by atoms with Crippen LogP contribution in [0.1, 0.15) is 35.7 Å². The highest BCUT2D eigenvalue weighted by Crippen LogP contribution is 2.37. The number of nitrogens with one attached hydrogen (secondary N) is 1. The molecule has 0 aliphatic heterocycles. The van der Waals surface area contributed by atoms with E-state index in [9.17, 15) is 4.79 Å². The summed E-state index contributed by atoms with van der Waals surface area (Å²) in [4.78, 5) is 14.4. The summed E-state index contributed by atoms with van der Waals surface area (Å²) in [6.45, 7) is 2.13. The molecule has 0 spiro atoms. The molecule has 2 N–H and O–H groups in total. The van der Waals surface area contributed by atoms with Gasteiger partial charge in [-0.15, -0.1) is 0 Å². The smallest absolute Gasteiger partial charge is 0.328 e. The molecule has 154 valence electrons. The highest BCUT2D eigenvalue weighted by Gasteiger charge is 2.16. The molecule has 3 nitrogen and oxygen atoms in total. The summed E-state index contributed by atoms with van der Waals surface area (Å²) in [5, 5.41) is 10.7. The topological polar surface area (TPSA) is 53.1 Å². The predicted molar refractivity (Wildman–Crippen MR) is 129 cm³/mol. The second-order valence-electron chi connectivity index (χ2n) is 7.25. The third kappa shape index (κ3) is 4.47.